The number of carbonyl (C=O) groups is 3. The fourth-order valence-electron chi connectivity index (χ4n) is 9.76. The summed E-state index contributed by atoms with van der Waals surface area (Å²) in [7, 11) is 11.3. The number of carboxylic acids is 1. The molecule has 0 spiro atoms. The number of rotatable bonds is 17. The molecule has 4 aliphatic carbocycles. The molecule has 0 unspecified atom stereocenters. The number of aliphatic carboxylic acids is 1. The minimum absolute atomic E-state index is 0.0129. The average molecular weight is 757 g/mol. The van der Waals surface area contributed by atoms with Crippen LogP contribution >= 0.6 is 0 Å². The van der Waals surface area contributed by atoms with Crippen LogP contribution in [0.1, 0.15) is 91.1 Å². The molecule has 12 heteroatoms. The van der Waals surface area contributed by atoms with Crippen LogP contribution in [0, 0.1) is 23.7 Å². The van der Waals surface area contributed by atoms with Crippen LogP contribution in [0.4, 0.5) is 0 Å². The summed E-state index contributed by atoms with van der Waals surface area (Å²) in [6.45, 7) is 7.72. The third-order valence-electron chi connectivity index (χ3n) is 12.4. The van der Waals surface area contributed by atoms with Crippen molar-refractivity contribution in [1.82, 2.24) is 29.8 Å². The Kier molecular flexibility index (Phi) is 12.3. The molecule has 0 radical (unpaired) electrons. The smallest absolute Gasteiger partial charge is 0.330 e. The molecule has 4 bridgehead atoms. The van der Waals surface area contributed by atoms with Crippen LogP contribution < -0.4 is 14.8 Å². The summed E-state index contributed by atoms with van der Waals surface area (Å²) < 4.78 is 13.3. The molecule has 1 aromatic heterocycles. The second-order valence-corrected chi connectivity index (χ2v) is 16.8. The van der Waals surface area contributed by atoms with Gasteiger partial charge in [0.2, 0.25) is 0 Å². The van der Waals surface area contributed by atoms with Crippen molar-refractivity contribution in [3.63, 3.8) is 0 Å². The van der Waals surface area contributed by atoms with E-state index in [2.05, 4.69) is 50.1 Å². The first-order valence-electron chi connectivity index (χ1n) is 19.9. The number of hydrogen-bond acceptors (Lipinski definition) is 8. The summed E-state index contributed by atoms with van der Waals surface area (Å²) in [5.74, 6) is 0.348. The van der Waals surface area contributed by atoms with Crippen LogP contribution in [-0.2, 0) is 4.79 Å². The summed E-state index contributed by atoms with van der Waals surface area (Å²) in [5.41, 5.74) is 2.05. The Balaban J connectivity index is 1.33. The van der Waals surface area contributed by atoms with E-state index in [1.165, 1.54) is 6.42 Å². The van der Waals surface area contributed by atoms with Crippen molar-refractivity contribution in [1.29, 1.82) is 0 Å². The van der Waals surface area contributed by atoms with Gasteiger partial charge in [-0.2, -0.15) is 5.10 Å². The first kappa shape index (κ1) is 40.2. The van der Waals surface area contributed by atoms with Gasteiger partial charge < -0.3 is 34.6 Å². The molecule has 4 aliphatic rings. The van der Waals surface area contributed by atoms with Gasteiger partial charge in [0.1, 0.15) is 17.0 Å². The van der Waals surface area contributed by atoms with Crippen LogP contribution in [-0.4, -0.2) is 121 Å². The van der Waals surface area contributed by atoms with Gasteiger partial charge in [-0.1, -0.05) is 19.9 Å². The zero-order chi connectivity index (χ0) is 39.6. The monoisotopic (exact) mass is 756 g/mol. The van der Waals surface area contributed by atoms with E-state index in [-0.39, 0.29) is 29.4 Å². The van der Waals surface area contributed by atoms with Crippen molar-refractivity contribution in [3.8, 4) is 28.4 Å². The van der Waals surface area contributed by atoms with Gasteiger partial charge in [-0.15, -0.1) is 0 Å². The molecule has 0 saturated heterocycles. The molecule has 0 atom stereocenters. The first-order chi connectivity index (χ1) is 26.3. The van der Waals surface area contributed by atoms with E-state index in [1.807, 2.05) is 43.4 Å². The highest BCUT2D eigenvalue weighted by Crippen LogP contribution is 2.58. The maximum absolute atomic E-state index is 14.4. The van der Waals surface area contributed by atoms with Crippen LogP contribution in [0.25, 0.3) is 16.9 Å². The van der Waals surface area contributed by atoms with Crippen molar-refractivity contribution in [2.24, 2.45) is 23.7 Å². The van der Waals surface area contributed by atoms with E-state index < -0.39 is 17.4 Å². The van der Waals surface area contributed by atoms with Crippen LogP contribution in [0.5, 0.6) is 11.5 Å². The summed E-state index contributed by atoms with van der Waals surface area (Å²) in [6.07, 6.45) is 6.42. The van der Waals surface area contributed by atoms with Gasteiger partial charge in [-0.25, -0.2) is 9.48 Å². The molecule has 3 aromatic rings. The van der Waals surface area contributed by atoms with Crippen molar-refractivity contribution in [2.45, 2.75) is 70.3 Å². The highest BCUT2D eigenvalue weighted by atomic mass is 16.5. The highest BCUT2D eigenvalue weighted by Gasteiger charge is 2.62. The predicted molar refractivity (Wildman–Crippen MR) is 213 cm³/mol. The standard InChI is InChI=1S/C43H60N6O6/c1-27(2)33-25-30(41(51)48(6)19-11-18-47(5)17-10-16-46(3)4)14-15-35(33)49-36(39-37(54-7)12-9-13-38(39)55-8)26-34(45-49)40(50)44-43(42(52)53)31-21-28-20-29(23-31)24-32(43)22-28/h9,12-15,25-29,31-32H,10-11,16-24H2,1-8H3,(H,44,50)(H,52,53). The number of methoxy groups -OCH3 is 2. The highest BCUT2D eigenvalue weighted by molar-refractivity contribution is 5.98. The van der Waals surface area contributed by atoms with Crippen molar-refractivity contribution < 1.29 is 29.0 Å². The number of aromatic nitrogens is 2. The molecule has 7 rings (SSSR count). The number of amides is 2. The van der Waals surface area contributed by atoms with Crippen LogP contribution in [0.15, 0.2) is 42.5 Å². The van der Waals surface area contributed by atoms with E-state index in [1.54, 1.807) is 29.9 Å². The molecule has 12 nitrogen and oxygen atoms in total. The van der Waals surface area contributed by atoms with E-state index in [9.17, 15) is 19.5 Å². The molecule has 4 fully saturated rings. The van der Waals surface area contributed by atoms with Crippen LogP contribution in [0.2, 0.25) is 0 Å². The number of benzene rings is 2. The molecular formula is C43H60N6O6. The van der Waals surface area contributed by atoms with Gasteiger partial charge in [0.15, 0.2) is 5.69 Å². The van der Waals surface area contributed by atoms with Crippen molar-refractivity contribution >= 4 is 17.8 Å². The lowest BCUT2D eigenvalue weighted by molar-refractivity contribution is -0.163. The fraction of sp³-hybridized carbons (Fsp3) is 0.581. The van der Waals surface area contributed by atoms with E-state index in [0.717, 1.165) is 63.7 Å². The lowest BCUT2D eigenvalue weighted by atomic mass is 9.48. The molecule has 4 saturated carbocycles. The zero-order valence-electron chi connectivity index (χ0n) is 33.9. The summed E-state index contributed by atoms with van der Waals surface area (Å²) >= 11 is 0. The zero-order valence-corrected chi connectivity index (χ0v) is 33.9. The first-order valence-corrected chi connectivity index (χ1v) is 19.9. The number of carbonyl (C=O) groups excluding carboxylic acids is 2. The topological polar surface area (TPSA) is 129 Å². The Morgan fingerprint density at radius 3 is 2.02 bits per heavy atom. The van der Waals surface area contributed by atoms with Crippen molar-refractivity contribution in [2.75, 3.05) is 68.6 Å². The predicted octanol–water partition coefficient (Wildman–Crippen LogP) is 6.03. The molecule has 55 heavy (non-hydrogen) atoms. The summed E-state index contributed by atoms with van der Waals surface area (Å²) in [6, 6.07) is 12.8. The molecular weight excluding hydrogens is 697 g/mol. The van der Waals surface area contributed by atoms with Gasteiger partial charge in [0, 0.05) is 19.2 Å². The second-order valence-electron chi connectivity index (χ2n) is 16.8. The van der Waals surface area contributed by atoms with Crippen LogP contribution in [0.3, 0.4) is 0 Å². The number of nitrogens with zero attached hydrogens (tertiary/aromatic N) is 5. The quantitative estimate of drug-likeness (QED) is 0.170. The summed E-state index contributed by atoms with van der Waals surface area (Å²) in [4.78, 5) is 47.6. The Morgan fingerprint density at radius 2 is 1.47 bits per heavy atom. The molecule has 0 aliphatic heterocycles. The molecule has 1 heterocycles. The van der Waals surface area contributed by atoms with E-state index in [4.69, 9.17) is 14.6 Å². The third-order valence-corrected chi connectivity index (χ3v) is 12.4. The number of ether oxygens (including phenoxy) is 2. The lowest BCUT2D eigenvalue weighted by Crippen LogP contribution is -2.70. The fourth-order valence-corrected chi connectivity index (χ4v) is 9.76. The minimum Gasteiger partial charge on any atom is -0.496 e. The van der Waals surface area contributed by atoms with Crippen molar-refractivity contribution in [3.05, 3.63) is 59.3 Å². The Labute approximate surface area is 326 Å². The van der Waals surface area contributed by atoms with Gasteiger partial charge in [0.05, 0.1) is 31.2 Å². The minimum atomic E-state index is -1.32. The second kappa shape index (κ2) is 16.8. The third kappa shape index (κ3) is 8.12. The van der Waals surface area contributed by atoms with Gasteiger partial charge in [-0.3, -0.25) is 9.59 Å². The summed E-state index contributed by atoms with van der Waals surface area (Å²) in [5, 5.41) is 18.8. The Bertz CT molecular complexity index is 1820. The van der Waals surface area contributed by atoms with Gasteiger partial charge in [0.25, 0.3) is 11.8 Å². The largest absolute Gasteiger partial charge is 0.496 e. The lowest BCUT2D eigenvalue weighted by Gasteiger charge is -2.59. The Morgan fingerprint density at radius 1 is 0.873 bits per heavy atom. The Hall–Kier alpha value is -4.42. The molecule has 2 aromatic carbocycles. The molecule has 2 N–H and O–H groups in total. The molecule has 298 valence electrons. The maximum atomic E-state index is 14.4. The SMILES string of the molecule is COc1cccc(OC)c1-c1cc(C(=O)NC2(C(=O)O)C3CC4CC(C3)CC2C4)nn1-c1ccc(C(=O)N(C)CCCN(C)CCCN(C)C)cc1C(C)C. The maximum Gasteiger partial charge on any atom is 0.330 e. The number of carboxylic acid groups (broad SMARTS) is 1. The molecule has 2 amide bonds. The normalized spacial score (nSPS) is 22.7. The average Bonchev–Trinajstić information content (AvgIpc) is 3.59. The number of nitrogens with one attached hydrogen (secondary N) is 1. The number of hydrogen-bond donors (Lipinski definition) is 2. The van der Waals surface area contributed by atoms with Gasteiger partial charge in [-0.05, 0) is 157 Å². The van der Waals surface area contributed by atoms with E-state index >= 15 is 0 Å². The van der Waals surface area contributed by atoms with Gasteiger partial charge >= 0.3 is 5.97 Å². The van der Waals surface area contributed by atoms with E-state index in [0.29, 0.717) is 52.4 Å².